The molecule has 1 aromatic heterocycles. The van der Waals surface area contributed by atoms with Crippen molar-refractivity contribution >= 4 is 0 Å². The van der Waals surface area contributed by atoms with Gasteiger partial charge in [-0.3, -0.25) is 4.90 Å². The van der Waals surface area contributed by atoms with E-state index in [0.29, 0.717) is 6.04 Å². The molecule has 4 nitrogen and oxygen atoms in total. The maximum atomic E-state index is 5.63. The largest absolute Gasteiger partial charge is 0.465 e. The van der Waals surface area contributed by atoms with Crippen LogP contribution in [0.5, 0.6) is 0 Å². The molecule has 2 rings (SSSR count). The van der Waals surface area contributed by atoms with Crippen LogP contribution in [0.15, 0.2) is 16.5 Å². The Morgan fingerprint density at radius 2 is 2.35 bits per heavy atom. The minimum absolute atomic E-state index is 0.496. The number of nitrogens with zero attached hydrogens (tertiary/aromatic N) is 1. The Morgan fingerprint density at radius 1 is 1.47 bits per heavy atom. The molecule has 96 valence electrons. The number of rotatable bonds is 6. The Balaban J connectivity index is 1.94. The molecule has 0 aliphatic carbocycles. The molecule has 0 bridgehead atoms. The smallest absolute Gasteiger partial charge is 0.118 e. The van der Waals surface area contributed by atoms with Crippen LogP contribution in [0.4, 0.5) is 0 Å². The molecule has 0 amide bonds. The summed E-state index contributed by atoms with van der Waals surface area (Å²) in [6.07, 6.45) is 1.10. The van der Waals surface area contributed by atoms with Crippen molar-refractivity contribution in [2.24, 2.45) is 0 Å². The fraction of sp³-hybridized carbons (Fsp3) is 0.692. The maximum absolute atomic E-state index is 5.63. The van der Waals surface area contributed by atoms with Crippen molar-refractivity contribution in [2.75, 3.05) is 33.5 Å². The molecule has 1 aliphatic rings. The zero-order valence-electron chi connectivity index (χ0n) is 10.6. The molecule has 1 aliphatic heterocycles. The van der Waals surface area contributed by atoms with Crippen molar-refractivity contribution in [3.8, 4) is 0 Å². The van der Waals surface area contributed by atoms with E-state index < -0.39 is 0 Å². The number of hydrogen-bond donors (Lipinski definition) is 0. The van der Waals surface area contributed by atoms with Gasteiger partial charge in [-0.15, -0.1) is 0 Å². The summed E-state index contributed by atoms with van der Waals surface area (Å²) in [6.45, 7) is 6.17. The lowest BCUT2D eigenvalue weighted by atomic mass is 10.2. The van der Waals surface area contributed by atoms with E-state index in [0.717, 1.165) is 50.9 Å². The lowest BCUT2D eigenvalue weighted by Crippen LogP contribution is -2.37. The summed E-state index contributed by atoms with van der Waals surface area (Å²) in [7, 11) is 1.74. The molecule has 1 fully saturated rings. The second kappa shape index (κ2) is 6.19. The zero-order chi connectivity index (χ0) is 12.1. The summed E-state index contributed by atoms with van der Waals surface area (Å²) in [5.74, 6) is 1.99. The predicted molar refractivity (Wildman–Crippen MR) is 65.0 cm³/mol. The van der Waals surface area contributed by atoms with E-state index in [-0.39, 0.29) is 0 Å². The summed E-state index contributed by atoms with van der Waals surface area (Å²) in [5, 5.41) is 0. The minimum Gasteiger partial charge on any atom is -0.465 e. The van der Waals surface area contributed by atoms with Crippen molar-refractivity contribution in [1.82, 2.24) is 4.90 Å². The summed E-state index contributed by atoms with van der Waals surface area (Å²) in [6, 6.07) is 4.55. The van der Waals surface area contributed by atoms with E-state index in [2.05, 4.69) is 4.90 Å². The van der Waals surface area contributed by atoms with E-state index in [1.807, 2.05) is 19.1 Å². The number of ether oxygens (including phenoxy) is 2. The summed E-state index contributed by atoms with van der Waals surface area (Å²) in [4.78, 5) is 2.38. The molecule has 4 heteroatoms. The molecule has 0 radical (unpaired) electrons. The van der Waals surface area contributed by atoms with Gasteiger partial charge in [0.2, 0.25) is 0 Å². The van der Waals surface area contributed by atoms with Crippen molar-refractivity contribution < 1.29 is 13.9 Å². The molecule has 1 saturated heterocycles. The Morgan fingerprint density at radius 3 is 2.94 bits per heavy atom. The Hall–Kier alpha value is -0.840. The first-order chi connectivity index (χ1) is 8.29. The highest BCUT2D eigenvalue weighted by Gasteiger charge is 2.23. The topological polar surface area (TPSA) is 34.8 Å². The fourth-order valence-corrected chi connectivity index (χ4v) is 2.18. The van der Waals surface area contributed by atoms with Crippen molar-refractivity contribution in [1.29, 1.82) is 0 Å². The summed E-state index contributed by atoms with van der Waals surface area (Å²) >= 11 is 0. The molecule has 0 aromatic carbocycles. The van der Waals surface area contributed by atoms with Gasteiger partial charge in [-0.2, -0.15) is 0 Å². The maximum Gasteiger partial charge on any atom is 0.118 e. The van der Waals surface area contributed by atoms with Crippen LogP contribution in [0.2, 0.25) is 0 Å². The second-order valence-electron chi connectivity index (χ2n) is 4.49. The first kappa shape index (κ1) is 12.6. The van der Waals surface area contributed by atoms with Gasteiger partial charge in [0.1, 0.15) is 11.5 Å². The molecule has 0 N–H and O–H groups in total. The highest BCUT2D eigenvalue weighted by atomic mass is 16.5. The number of aryl methyl sites for hydroxylation is 1. The fourth-order valence-electron chi connectivity index (χ4n) is 2.18. The van der Waals surface area contributed by atoms with Gasteiger partial charge in [-0.25, -0.2) is 0 Å². The van der Waals surface area contributed by atoms with Gasteiger partial charge in [0.25, 0.3) is 0 Å². The van der Waals surface area contributed by atoms with E-state index in [1.54, 1.807) is 7.11 Å². The minimum atomic E-state index is 0.496. The van der Waals surface area contributed by atoms with Crippen molar-refractivity contribution in [2.45, 2.75) is 25.9 Å². The van der Waals surface area contributed by atoms with E-state index >= 15 is 0 Å². The number of methoxy groups -OCH3 is 1. The first-order valence-corrected chi connectivity index (χ1v) is 6.15. The van der Waals surface area contributed by atoms with Crippen LogP contribution in [0.3, 0.4) is 0 Å². The average molecular weight is 239 g/mol. The quantitative estimate of drug-likeness (QED) is 0.758. The molecule has 0 saturated carbocycles. The van der Waals surface area contributed by atoms with Crippen LogP contribution in [-0.2, 0) is 16.0 Å². The third-order valence-corrected chi connectivity index (χ3v) is 3.16. The normalized spacial score (nSPS) is 20.3. The van der Waals surface area contributed by atoms with Gasteiger partial charge >= 0.3 is 0 Å². The SMILES string of the molecule is COCCN(Cc1ccc(C)o1)C1CCOC1. The molecule has 0 spiro atoms. The molecule has 1 aromatic rings. The number of furan rings is 1. The van der Waals surface area contributed by atoms with Crippen molar-refractivity contribution in [3.05, 3.63) is 23.7 Å². The van der Waals surface area contributed by atoms with Gasteiger partial charge in [0.05, 0.1) is 19.8 Å². The molecule has 17 heavy (non-hydrogen) atoms. The van der Waals surface area contributed by atoms with Gasteiger partial charge in [0.15, 0.2) is 0 Å². The van der Waals surface area contributed by atoms with Crippen molar-refractivity contribution in [3.63, 3.8) is 0 Å². The second-order valence-corrected chi connectivity index (χ2v) is 4.49. The molecular formula is C13H21NO3. The lowest BCUT2D eigenvalue weighted by molar-refractivity contribution is 0.0952. The standard InChI is InChI=1S/C13H21NO3/c1-11-3-4-13(17-11)9-14(6-8-15-2)12-5-7-16-10-12/h3-4,12H,5-10H2,1-2H3. The first-order valence-electron chi connectivity index (χ1n) is 6.15. The van der Waals surface area contributed by atoms with Gasteiger partial charge < -0.3 is 13.9 Å². The average Bonchev–Trinajstić information content (AvgIpc) is 2.95. The molecule has 1 unspecified atom stereocenters. The van der Waals surface area contributed by atoms with E-state index in [9.17, 15) is 0 Å². The van der Waals surface area contributed by atoms with Crippen LogP contribution in [0.1, 0.15) is 17.9 Å². The van der Waals surface area contributed by atoms with Gasteiger partial charge in [-0.05, 0) is 25.5 Å². The van der Waals surface area contributed by atoms with E-state index in [1.165, 1.54) is 0 Å². The van der Waals surface area contributed by atoms with Crippen LogP contribution in [-0.4, -0.2) is 44.4 Å². The molecular weight excluding hydrogens is 218 g/mol. The Bertz CT molecular complexity index is 331. The van der Waals surface area contributed by atoms with Crippen LogP contribution < -0.4 is 0 Å². The van der Waals surface area contributed by atoms with Gasteiger partial charge in [0, 0.05) is 26.3 Å². The monoisotopic (exact) mass is 239 g/mol. The van der Waals surface area contributed by atoms with Crippen LogP contribution in [0, 0.1) is 6.92 Å². The number of hydrogen-bond acceptors (Lipinski definition) is 4. The summed E-state index contributed by atoms with van der Waals surface area (Å²) < 4.78 is 16.2. The Kier molecular flexibility index (Phi) is 4.59. The van der Waals surface area contributed by atoms with Gasteiger partial charge in [-0.1, -0.05) is 0 Å². The highest BCUT2D eigenvalue weighted by molar-refractivity contribution is 5.05. The van der Waals surface area contributed by atoms with E-state index in [4.69, 9.17) is 13.9 Å². The predicted octanol–water partition coefficient (Wildman–Crippen LogP) is 1.83. The highest BCUT2D eigenvalue weighted by Crippen LogP contribution is 2.17. The molecule has 2 heterocycles. The Labute approximate surface area is 102 Å². The third-order valence-electron chi connectivity index (χ3n) is 3.16. The molecule has 1 atom stereocenters. The summed E-state index contributed by atoms with van der Waals surface area (Å²) in [5.41, 5.74) is 0. The van der Waals surface area contributed by atoms with Crippen LogP contribution >= 0.6 is 0 Å². The zero-order valence-corrected chi connectivity index (χ0v) is 10.6. The lowest BCUT2D eigenvalue weighted by Gasteiger charge is -2.26. The third kappa shape index (κ3) is 3.56. The van der Waals surface area contributed by atoms with Crippen LogP contribution in [0.25, 0.3) is 0 Å².